The predicted octanol–water partition coefficient (Wildman–Crippen LogP) is 4.20. The minimum atomic E-state index is -0.228. The lowest BCUT2D eigenvalue weighted by Gasteiger charge is -2.16. The molecular weight excluding hydrogens is 328 g/mol. The number of benzene rings is 1. The van der Waals surface area contributed by atoms with Gasteiger partial charge >= 0.3 is 12.0 Å². The maximum Gasteiger partial charge on any atom is 0.322 e. The van der Waals surface area contributed by atoms with Gasteiger partial charge in [0.2, 0.25) is 0 Å². The van der Waals surface area contributed by atoms with Crippen molar-refractivity contribution in [2.75, 3.05) is 19.7 Å². The van der Waals surface area contributed by atoms with Gasteiger partial charge in [-0.3, -0.25) is 4.79 Å². The van der Waals surface area contributed by atoms with Crippen molar-refractivity contribution in [2.45, 2.75) is 46.0 Å². The van der Waals surface area contributed by atoms with E-state index in [9.17, 15) is 9.59 Å². The Balaban J connectivity index is 1.74. The van der Waals surface area contributed by atoms with Crippen molar-refractivity contribution in [1.29, 1.82) is 0 Å². The van der Waals surface area contributed by atoms with E-state index in [1.165, 1.54) is 6.42 Å². The molecule has 1 aliphatic heterocycles. The van der Waals surface area contributed by atoms with Gasteiger partial charge in [-0.15, -0.1) is 0 Å². The van der Waals surface area contributed by atoms with E-state index in [1.54, 1.807) is 4.90 Å². The van der Waals surface area contributed by atoms with Gasteiger partial charge in [-0.25, -0.2) is 4.79 Å². The molecular formula is C21H30N2O3. The summed E-state index contributed by atoms with van der Waals surface area (Å²) >= 11 is 0. The Morgan fingerprint density at radius 3 is 2.77 bits per heavy atom. The molecule has 1 N–H and O–H groups in total. The lowest BCUT2D eigenvalue weighted by Crippen LogP contribution is -2.30. The van der Waals surface area contributed by atoms with Crippen LogP contribution in [0.4, 0.5) is 4.79 Å². The average molecular weight is 358 g/mol. The Morgan fingerprint density at radius 2 is 2.08 bits per heavy atom. The summed E-state index contributed by atoms with van der Waals surface area (Å²) in [5.74, 6) is 0.211. The van der Waals surface area contributed by atoms with Crippen LogP contribution in [0, 0.1) is 5.92 Å². The Bertz CT molecular complexity index is 613. The average Bonchev–Trinajstić information content (AvgIpc) is 3.00. The summed E-state index contributed by atoms with van der Waals surface area (Å²) in [5.41, 5.74) is 1.89. The molecule has 1 saturated heterocycles. The molecule has 0 saturated carbocycles. The van der Waals surface area contributed by atoms with Gasteiger partial charge in [-0.1, -0.05) is 63.4 Å². The largest absolute Gasteiger partial charge is 0.465 e. The second-order valence-corrected chi connectivity index (χ2v) is 6.78. The first-order valence-electron chi connectivity index (χ1n) is 9.59. The molecule has 142 valence electrons. The predicted molar refractivity (Wildman–Crippen MR) is 103 cm³/mol. The highest BCUT2D eigenvalue weighted by molar-refractivity contribution is 5.82. The Morgan fingerprint density at radius 1 is 1.31 bits per heavy atom. The van der Waals surface area contributed by atoms with Crippen LogP contribution in [0.1, 0.15) is 51.5 Å². The zero-order chi connectivity index (χ0) is 18.8. The number of carbonyl (C=O) groups excluding carboxylic acids is 2. The first-order valence-corrected chi connectivity index (χ1v) is 9.59. The van der Waals surface area contributed by atoms with E-state index in [4.69, 9.17) is 4.74 Å². The monoisotopic (exact) mass is 358 g/mol. The number of urea groups is 1. The van der Waals surface area contributed by atoms with E-state index in [0.29, 0.717) is 25.6 Å². The first-order chi connectivity index (χ1) is 12.6. The molecule has 2 amide bonds. The SMILES string of the molecule is CCCCC(CC)COC(=O)CCN1CC(=Cc2ccccc2)NC1=O. The molecule has 1 atom stereocenters. The number of hydrogen-bond donors (Lipinski definition) is 1. The van der Waals surface area contributed by atoms with Crippen LogP contribution in [0.15, 0.2) is 36.0 Å². The molecule has 1 unspecified atom stereocenters. The number of esters is 1. The third kappa shape index (κ3) is 6.54. The third-order valence-corrected chi connectivity index (χ3v) is 4.67. The van der Waals surface area contributed by atoms with Gasteiger partial charge in [0, 0.05) is 12.2 Å². The minimum absolute atomic E-state index is 0.158. The molecule has 0 bridgehead atoms. The van der Waals surface area contributed by atoms with Crippen LogP contribution in [0.25, 0.3) is 6.08 Å². The Hall–Kier alpha value is -2.30. The van der Waals surface area contributed by atoms with Crippen LogP contribution < -0.4 is 5.32 Å². The maximum absolute atomic E-state index is 12.0. The number of hydrogen-bond acceptors (Lipinski definition) is 3. The summed E-state index contributed by atoms with van der Waals surface area (Å²) < 4.78 is 5.40. The van der Waals surface area contributed by atoms with E-state index in [0.717, 1.165) is 30.5 Å². The fourth-order valence-corrected chi connectivity index (χ4v) is 2.95. The normalized spacial score (nSPS) is 16.6. The fraction of sp³-hybridized carbons (Fsp3) is 0.524. The number of amides is 2. The van der Waals surface area contributed by atoms with E-state index in [1.807, 2.05) is 36.4 Å². The molecule has 0 spiro atoms. The summed E-state index contributed by atoms with van der Waals surface area (Å²) in [6, 6.07) is 9.69. The number of nitrogens with one attached hydrogen (secondary N) is 1. The highest BCUT2D eigenvalue weighted by atomic mass is 16.5. The van der Waals surface area contributed by atoms with Crippen LogP contribution in [0.5, 0.6) is 0 Å². The van der Waals surface area contributed by atoms with Crippen LogP contribution in [0.2, 0.25) is 0 Å². The highest BCUT2D eigenvalue weighted by Gasteiger charge is 2.24. The number of rotatable bonds is 10. The van der Waals surface area contributed by atoms with E-state index in [-0.39, 0.29) is 18.4 Å². The minimum Gasteiger partial charge on any atom is -0.465 e. The van der Waals surface area contributed by atoms with Crippen molar-refractivity contribution in [1.82, 2.24) is 10.2 Å². The molecule has 26 heavy (non-hydrogen) atoms. The molecule has 0 aromatic heterocycles. The first kappa shape index (κ1) is 20.0. The van der Waals surface area contributed by atoms with Crippen molar-refractivity contribution in [3.63, 3.8) is 0 Å². The van der Waals surface area contributed by atoms with Crippen molar-refractivity contribution in [3.05, 3.63) is 41.6 Å². The maximum atomic E-state index is 12.0. The molecule has 1 fully saturated rings. The molecule has 1 aromatic carbocycles. The Kier molecular flexibility index (Phi) is 8.19. The number of carbonyl (C=O) groups is 2. The summed E-state index contributed by atoms with van der Waals surface area (Å²) in [4.78, 5) is 25.7. The zero-order valence-electron chi connectivity index (χ0n) is 15.9. The highest BCUT2D eigenvalue weighted by Crippen LogP contribution is 2.14. The van der Waals surface area contributed by atoms with Gasteiger partial charge in [0.1, 0.15) is 0 Å². The molecule has 0 radical (unpaired) electrons. The Labute approximate surface area is 156 Å². The summed E-state index contributed by atoms with van der Waals surface area (Å²) in [5, 5.41) is 2.85. The van der Waals surface area contributed by atoms with Gasteiger partial charge in [0.25, 0.3) is 0 Å². The second-order valence-electron chi connectivity index (χ2n) is 6.78. The molecule has 1 aromatic rings. The van der Waals surface area contributed by atoms with Crippen molar-refractivity contribution in [2.24, 2.45) is 5.92 Å². The second kappa shape index (κ2) is 10.6. The van der Waals surface area contributed by atoms with Crippen LogP contribution in [0.3, 0.4) is 0 Å². The third-order valence-electron chi connectivity index (χ3n) is 4.67. The van der Waals surface area contributed by atoms with E-state index >= 15 is 0 Å². The quantitative estimate of drug-likeness (QED) is 0.638. The van der Waals surface area contributed by atoms with Gasteiger partial charge < -0.3 is 15.0 Å². The topological polar surface area (TPSA) is 58.6 Å². The van der Waals surface area contributed by atoms with Gasteiger partial charge in [0.15, 0.2) is 0 Å². The summed E-state index contributed by atoms with van der Waals surface area (Å²) in [6.45, 7) is 5.65. The molecule has 1 heterocycles. The number of ether oxygens (including phenoxy) is 1. The molecule has 1 aliphatic rings. The van der Waals surface area contributed by atoms with Gasteiger partial charge in [-0.05, 0) is 24.0 Å². The smallest absolute Gasteiger partial charge is 0.322 e. The van der Waals surface area contributed by atoms with Gasteiger partial charge in [-0.2, -0.15) is 0 Å². The number of nitrogens with zero attached hydrogens (tertiary/aromatic N) is 1. The molecule has 5 nitrogen and oxygen atoms in total. The van der Waals surface area contributed by atoms with Gasteiger partial charge in [0.05, 0.1) is 19.6 Å². The number of unbranched alkanes of at least 4 members (excludes halogenated alkanes) is 1. The van der Waals surface area contributed by atoms with E-state index < -0.39 is 0 Å². The van der Waals surface area contributed by atoms with E-state index in [2.05, 4.69) is 19.2 Å². The summed E-state index contributed by atoms with van der Waals surface area (Å²) in [7, 11) is 0. The molecule has 2 rings (SSSR count). The standard InChI is InChI=1S/C21H30N2O3/c1-3-5-9-17(4-2)16-26-20(24)12-13-23-15-19(22-21(23)25)14-18-10-7-6-8-11-18/h6-8,10-11,14,17H,3-5,9,12-13,15-16H2,1-2H3,(H,22,25). The lowest BCUT2D eigenvalue weighted by atomic mass is 10.0. The van der Waals surface area contributed by atoms with Crippen LogP contribution >= 0.6 is 0 Å². The summed E-state index contributed by atoms with van der Waals surface area (Å²) in [6.07, 6.45) is 6.64. The van der Waals surface area contributed by atoms with Crippen molar-refractivity contribution < 1.29 is 14.3 Å². The van der Waals surface area contributed by atoms with Crippen molar-refractivity contribution in [3.8, 4) is 0 Å². The molecule has 5 heteroatoms. The van der Waals surface area contributed by atoms with Crippen LogP contribution in [-0.2, 0) is 9.53 Å². The molecule has 0 aliphatic carbocycles. The zero-order valence-corrected chi connectivity index (χ0v) is 15.9. The van der Waals surface area contributed by atoms with Crippen LogP contribution in [-0.4, -0.2) is 36.6 Å². The fourth-order valence-electron chi connectivity index (χ4n) is 2.95. The lowest BCUT2D eigenvalue weighted by molar-refractivity contribution is -0.145. The van der Waals surface area contributed by atoms with Crippen molar-refractivity contribution >= 4 is 18.1 Å².